The van der Waals surface area contributed by atoms with E-state index in [1.165, 1.54) is 11.1 Å². The van der Waals surface area contributed by atoms with Gasteiger partial charge in [-0.25, -0.2) is 9.97 Å². The molecule has 0 aliphatic carbocycles. The number of benzene rings is 2. The molecule has 0 fully saturated rings. The topological polar surface area (TPSA) is 67.9 Å². The molecular weight excluding hydrogens is 410 g/mol. The van der Waals surface area contributed by atoms with E-state index in [1.54, 1.807) is 13.3 Å². The zero-order valence-corrected chi connectivity index (χ0v) is 18.3. The van der Waals surface area contributed by atoms with Gasteiger partial charge in [-0.3, -0.25) is 4.79 Å². The van der Waals surface area contributed by atoms with E-state index in [-0.39, 0.29) is 5.56 Å². The van der Waals surface area contributed by atoms with Crippen molar-refractivity contribution in [2.45, 2.75) is 12.8 Å². The van der Waals surface area contributed by atoms with Crippen LogP contribution in [0.2, 0.25) is 0 Å². The number of hydrogen-bond acceptors (Lipinski definition) is 4. The maximum absolute atomic E-state index is 12.4. The maximum Gasteiger partial charge on any atom is 0.257 e. The maximum atomic E-state index is 12.4. The lowest BCUT2D eigenvalue weighted by Crippen LogP contribution is -2.06. The molecule has 5 aromatic rings. The average Bonchev–Trinajstić information content (AvgIpc) is 2.88. The molecule has 0 bridgehead atoms. The summed E-state index contributed by atoms with van der Waals surface area (Å²) >= 11 is 0. The summed E-state index contributed by atoms with van der Waals surface area (Å²) in [5.41, 5.74) is 6.83. The SMILES string of the molecule is COc1ccc(CCc2ccc(-c3nc4cc[nH]c(=O)c4cc3-c3ccccc3)cc2)cn1. The van der Waals surface area contributed by atoms with Gasteiger partial charge < -0.3 is 9.72 Å². The first-order valence-electron chi connectivity index (χ1n) is 10.9. The highest BCUT2D eigenvalue weighted by molar-refractivity contribution is 5.91. The van der Waals surface area contributed by atoms with E-state index in [4.69, 9.17) is 9.72 Å². The summed E-state index contributed by atoms with van der Waals surface area (Å²) in [4.78, 5) is 24.3. The number of nitrogens with one attached hydrogen (secondary N) is 1. The number of ether oxygens (including phenoxy) is 1. The Morgan fingerprint density at radius 1 is 0.848 bits per heavy atom. The highest BCUT2D eigenvalue weighted by Crippen LogP contribution is 2.32. The molecule has 0 amide bonds. The normalized spacial score (nSPS) is 10.9. The summed E-state index contributed by atoms with van der Waals surface area (Å²) in [5.74, 6) is 0.627. The van der Waals surface area contributed by atoms with Crippen LogP contribution in [0.3, 0.4) is 0 Å². The first kappa shape index (κ1) is 20.6. The molecule has 0 radical (unpaired) electrons. The minimum atomic E-state index is -0.132. The van der Waals surface area contributed by atoms with Gasteiger partial charge in [-0.2, -0.15) is 0 Å². The van der Waals surface area contributed by atoms with Crippen LogP contribution in [0.4, 0.5) is 0 Å². The molecule has 1 N–H and O–H groups in total. The Kier molecular flexibility index (Phi) is 5.68. The summed E-state index contributed by atoms with van der Waals surface area (Å²) in [6, 6.07) is 26.3. The number of pyridine rings is 3. The van der Waals surface area contributed by atoms with E-state index in [1.807, 2.05) is 60.8 Å². The van der Waals surface area contributed by atoms with Crippen molar-refractivity contribution in [3.63, 3.8) is 0 Å². The third-order valence-corrected chi connectivity index (χ3v) is 5.77. The van der Waals surface area contributed by atoms with Crippen molar-refractivity contribution in [2.75, 3.05) is 7.11 Å². The van der Waals surface area contributed by atoms with E-state index in [2.05, 4.69) is 34.2 Å². The lowest BCUT2D eigenvalue weighted by atomic mass is 9.96. The third kappa shape index (κ3) is 4.39. The fourth-order valence-electron chi connectivity index (χ4n) is 3.97. The first-order valence-corrected chi connectivity index (χ1v) is 10.9. The largest absolute Gasteiger partial charge is 0.481 e. The molecule has 0 aliphatic heterocycles. The Hall–Kier alpha value is -4.25. The number of aryl methyl sites for hydroxylation is 2. The van der Waals surface area contributed by atoms with Crippen molar-refractivity contribution in [1.29, 1.82) is 0 Å². The highest BCUT2D eigenvalue weighted by Gasteiger charge is 2.13. The number of fused-ring (bicyclic) bond motifs is 1. The lowest BCUT2D eigenvalue weighted by Gasteiger charge is -2.12. The van der Waals surface area contributed by atoms with E-state index in [0.717, 1.165) is 35.2 Å². The van der Waals surface area contributed by atoms with Crippen LogP contribution in [0, 0.1) is 0 Å². The number of aromatic nitrogens is 3. The Morgan fingerprint density at radius 3 is 2.33 bits per heavy atom. The number of H-pyrrole nitrogens is 1. The van der Waals surface area contributed by atoms with Gasteiger partial charge in [0.15, 0.2) is 0 Å². The van der Waals surface area contributed by atoms with Gasteiger partial charge >= 0.3 is 0 Å². The zero-order chi connectivity index (χ0) is 22.6. The molecule has 2 aromatic carbocycles. The van der Waals surface area contributed by atoms with Crippen LogP contribution < -0.4 is 10.3 Å². The average molecular weight is 434 g/mol. The minimum absolute atomic E-state index is 0.132. The molecule has 5 nitrogen and oxygen atoms in total. The molecule has 5 heteroatoms. The van der Waals surface area contributed by atoms with E-state index >= 15 is 0 Å². The Balaban J connectivity index is 1.47. The predicted octanol–water partition coefficient (Wildman–Crippen LogP) is 5.45. The molecule has 0 saturated carbocycles. The molecule has 162 valence electrons. The van der Waals surface area contributed by atoms with Crippen molar-refractivity contribution in [2.24, 2.45) is 0 Å². The van der Waals surface area contributed by atoms with Crippen molar-refractivity contribution in [3.8, 4) is 28.3 Å². The first-order chi connectivity index (χ1) is 16.2. The van der Waals surface area contributed by atoms with Crippen LogP contribution in [0.5, 0.6) is 5.88 Å². The summed E-state index contributed by atoms with van der Waals surface area (Å²) in [6.45, 7) is 0. The van der Waals surface area contributed by atoms with Crippen LogP contribution in [0.25, 0.3) is 33.3 Å². The second-order valence-corrected chi connectivity index (χ2v) is 7.90. The molecule has 0 saturated heterocycles. The smallest absolute Gasteiger partial charge is 0.257 e. The Bertz CT molecular complexity index is 1440. The summed E-state index contributed by atoms with van der Waals surface area (Å²) in [6.07, 6.45) is 5.32. The van der Waals surface area contributed by atoms with Crippen molar-refractivity contribution in [3.05, 3.63) is 113 Å². The number of nitrogens with zero attached hydrogens (tertiary/aromatic N) is 2. The number of aromatic amines is 1. The van der Waals surface area contributed by atoms with Crippen LogP contribution >= 0.6 is 0 Å². The quantitative estimate of drug-likeness (QED) is 0.387. The molecule has 3 aromatic heterocycles. The van der Waals surface area contributed by atoms with Crippen molar-refractivity contribution >= 4 is 10.9 Å². The van der Waals surface area contributed by atoms with Gasteiger partial charge in [-0.15, -0.1) is 0 Å². The number of hydrogen-bond donors (Lipinski definition) is 1. The van der Waals surface area contributed by atoms with E-state index < -0.39 is 0 Å². The second kappa shape index (κ2) is 9.09. The van der Waals surface area contributed by atoms with Gasteiger partial charge in [-0.1, -0.05) is 60.7 Å². The second-order valence-electron chi connectivity index (χ2n) is 7.90. The fourth-order valence-corrected chi connectivity index (χ4v) is 3.97. The Morgan fingerprint density at radius 2 is 1.61 bits per heavy atom. The minimum Gasteiger partial charge on any atom is -0.481 e. The summed E-state index contributed by atoms with van der Waals surface area (Å²) < 4.78 is 5.13. The van der Waals surface area contributed by atoms with Crippen LogP contribution in [0.15, 0.2) is 96.1 Å². The van der Waals surface area contributed by atoms with Crippen molar-refractivity contribution < 1.29 is 4.74 Å². The molecule has 0 atom stereocenters. The number of methoxy groups -OCH3 is 1. The summed E-state index contributed by atoms with van der Waals surface area (Å²) in [7, 11) is 1.62. The molecule has 33 heavy (non-hydrogen) atoms. The van der Waals surface area contributed by atoms with Gasteiger partial charge in [0.05, 0.1) is 23.7 Å². The van der Waals surface area contributed by atoms with Gasteiger partial charge in [0.1, 0.15) is 0 Å². The monoisotopic (exact) mass is 433 g/mol. The van der Waals surface area contributed by atoms with Gasteiger partial charge in [0.25, 0.3) is 5.56 Å². The molecule has 0 aliphatic rings. The lowest BCUT2D eigenvalue weighted by molar-refractivity contribution is 0.397. The molecule has 0 spiro atoms. The van der Waals surface area contributed by atoms with Gasteiger partial charge in [-0.05, 0) is 41.7 Å². The molecule has 5 rings (SSSR count). The predicted molar refractivity (Wildman–Crippen MR) is 131 cm³/mol. The van der Waals surface area contributed by atoms with E-state index in [0.29, 0.717) is 16.8 Å². The van der Waals surface area contributed by atoms with Gasteiger partial charge in [0.2, 0.25) is 5.88 Å². The fraction of sp³-hybridized carbons (Fsp3) is 0.107. The standard InChI is InChI=1S/C28H23N3O2/c1-33-26-14-11-20(18-30-26)8-7-19-9-12-22(13-10-19)27-23(21-5-3-2-4-6-21)17-24-25(31-27)15-16-29-28(24)32/h2-6,9-18H,7-8H2,1H3,(H,29,32). The van der Waals surface area contributed by atoms with Crippen LogP contribution in [-0.2, 0) is 12.8 Å². The van der Waals surface area contributed by atoms with E-state index in [9.17, 15) is 4.79 Å². The third-order valence-electron chi connectivity index (χ3n) is 5.77. The van der Waals surface area contributed by atoms with Crippen molar-refractivity contribution in [1.82, 2.24) is 15.0 Å². The molecule has 0 unspecified atom stereocenters. The molecular formula is C28H23N3O2. The van der Waals surface area contributed by atoms with Gasteiger partial charge in [0, 0.05) is 29.6 Å². The highest BCUT2D eigenvalue weighted by atomic mass is 16.5. The Labute approximate surface area is 191 Å². The molecule has 3 heterocycles. The van der Waals surface area contributed by atoms with Crippen LogP contribution in [-0.4, -0.2) is 22.1 Å². The zero-order valence-electron chi connectivity index (χ0n) is 18.3. The summed E-state index contributed by atoms with van der Waals surface area (Å²) in [5, 5.41) is 0.588. The number of rotatable bonds is 6. The van der Waals surface area contributed by atoms with Crippen LogP contribution in [0.1, 0.15) is 11.1 Å².